The lowest BCUT2D eigenvalue weighted by Gasteiger charge is -2.21. The number of hydrogen-bond donors (Lipinski definition) is 1. The maximum atomic E-state index is 11.8. The molecule has 1 aromatic rings. The first-order valence-corrected chi connectivity index (χ1v) is 5.35. The van der Waals surface area contributed by atoms with Crippen molar-refractivity contribution in [2.45, 2.75) is 33.2 Å². The van der Waals surface area contributed by atoms with Gasteiger partial charge in [0.25, 0.3) is 5.56 Å². The Bertz CT molecular complexity index is 465. The lowest BCUT2D eigenvalue weighted by molar-refractivity contribution is 0.364. The van der Waals surface area contributed by atoms with Crippen molar-refractivity contribution in [3.63, 3.8) is 0 Å². The third kappa shape index (κ3) is 1.92. The molecule has 0 aromatic carbocycles. The summed E-state index contributed by atoms with van der Waals surface area (Å²) in [6.07, 6.45) is 0. The average Bonchev–Trinajstić information content (AvgIpc) is 1.97. The van der Waals surface area contributed by atoms with Gasteiger partial charge in [-0.15, -0.1) is 0 Å². The topological polar surface area (TPSA) is 54.9 Å². The van der Waals surface area contributed by atoms with E-state index in [1.165, 1.54) is 4.57 Å². The maximum absolute atomic E-state index is 11.8. The summed E-state index contributed by atoms with van der Waals surface area (Å²) in [5, 5.41) is 0. The average molecular weight is 308 g/mol. The van der Waals surface area contributed by atoms with E-state index in [4.69, 9.17) is 0 Å². The highest BCUT2D eigenvalue weighted by Crippen LogP contribution is 2.09. The number of H-pyrrole nitrogens is 1. The summed E-state index contributed by atoms with van der Waals surface area (Å²) in [5.41, 5.74) is -0.431. The third-order valence-electron chi connectivity index (χ3n) is 1.89. The molecule has 0 spiro atoms. The van der Waals surface area contributed by atoms with Crippen LogP contribution in [0.3, 0.4) is 0 Å². The monoisotopic (exact) mass is 308 g/mol. The molecule has 1 heterocycles. The molecule has 0 saturated heterocycles. The Labute approximate surface area is 95.5 Å². The van der Waals surface area contributed by atoms with Gasteiger partial charge in [0.2, 0.25) is 0 Å². The lowest BCUT2D eigenvalue weighted by atomic mass is 10.1. The highest BCUT2D eigenvalue weighted by molar-refractivity contribution is 14.1. The van der Waals surface area contributed by atoms with Crippen LogP contribution in [0.1, 0.15) is 26.5 Å². The molecule has 0 saturated carbocycles. The van der Waals surface area contributed by atoms with Gasteiger partial charge in [-0.2, -0.15) is 0 Å². The van der Waals surface area contributed by atoms with E-state index in [1.807, 2.05) is 43.4 Å². The highest BCUT2D eigenvalue weighted by atomic mass is 127. The Morgan fingerprint density at radius 2 is 1.79 bits per heavy atom. The van der Waals surface area contributed by atoms with Crippen LogP contribution in [-0.2, 0) is 5.54 Å². The quantitative estimate of drug-likeness (QED) is 0.732. The van der Waals surface area contributed by atoms with Gasteiger partial charge in [0.05, 0.1) is 3.57 Å². The zero-order chi connectivity index (χ0) is 11.1. The van der Waals surface area contributed by atoms with Crippen molar-refractivity contribution in [3.8, 4) is 0 Å². The second-order valence-corrected chi connectivity index (χ2v) is 5.26. The predicted octanol–water partition coefficient (Wildman–Crippen LogP) is 1.20. The fraction of sp³-hybridized carbons (Fsp3) is 0.556. The first-order valence-electron chi connectivity index (χ1n) is 4.27. The molecule has 78 valence electrons. The minimum absolute atomic E-state index is 0.223. The number of aromatic amines is 1. The molecule has 0 unspecified atom stereocenters. The van der Waals surface area contributed by atoms with E-state index < -0.39 is 5.54 Å². The Hall–Kier alpha value is -0.590. The summed E-state index contributed by atoms with van der Waals surface area (Å²) in [5.74, 6) is 0. The molecular weight excluding hydrogens is 295 g/mol. The largest absolute Gasteiger partial charge is 0.329 e. The number of hydrogen-bond acceptors (Lipinski definition) is 2. The number of nitrogens with one attached hydrogen (secondary N) is 1. The molecule has 4 nitrogen and oxygen atoms in total. The van der Waals surface area contributed by atoms with Gasteiger partial charge in [-0.3, -0.25) is 9.36 Å². The van der Waals surface area contributed by atoms with E-state index in [9.17, 15) is 9.59 Å². The second-order valence-electron chi connectivity index (χ2n) is 4.18. The minimum Gasteiger partial charge on any atom is -0.310 e. The first-order chi connectivity index (χ1) is 6.25. The molecule has 1 N–H and O–H groups in total. The van der Waals surface area contributed by atoms with Gasteiger partial charge in [0, 0.05) is 11.2 Å². The molecule has 0 amide bonds. The summed E-state index contributed by atoms with van der Waals surface area (Å²) in [7, 11) is 0. The molecular formula is C9H13IN2O2. The Balaban J connectivity index is 3.71. The molecule has 5 heteroatoms. The highest BCUT2D eigenvalue weighted by Gasteiger charge is 2.20. The van der Waals surface area contributed by atoms with E-state index in [1.54, 1.807) is 6.92 Å². The van der Waals surface area contributed by atoms with Gasteiger partial charge in [-0.25, -0.2) is 4.79 Å². The fourth-order valence-electron chi connectivity index (χ4n) is 1.23. The third-order valence-corrected chi connectivity index (χ3v) is 3.16. The summed E-state index contributed by atoms with van der Waals surface area (Å²) < 4.78 is 1.80. The summed E-state index contributed by atoms with van der Waals surface area (Å²) in [6.45, 7) is 7.21. The van der Waals surface area contributed by atoms with Crippen LogP contribution in [-0.4, -0.2) is 9.55 Å². The second kappa shape index (κ2) is 3.52. The molecule has 1 aromatic heterocycles. The van der Waals surface area contributed by atoms with E-state index >= 15 is 0 Å². The number of rotatable bonds is 0. The van der Waals surface area contributed by atoms with E-state index in [0.29, 0.717) is 9.26 Å². The van der Waals surface area contributed by atoms with Crippen LogP contribution in [0.5, 0.6) is 0 Å². The predicted molar refractivity (Wildman–Crippen MR) is 63.8 cm³/mol. The maximum Gasteiger partial charge on any atom is 0.329 e. The molecule has 0 aliphatic carbocycles. The van der Waals surface area contributed by atoms with Gasteiger partial charge >= 0.3 is 5.69 Å². The van der Waals surface area contributed by atoms with Gasteiger partial charge in [0.15, 0.2) is 0 Å². The van der Waals surface area contributed by atoms with E-state index in [2.05, 4.69) is 4.98 Å². The molecule has 0 aliphatic heterocycles. The SMILES string of the molecule is Cc1[nH]c(=O)n(C(C)(C)C)c(=O)c1I. The molecule has 14 heavy (non-hydrogen) atoms. The molecule has 1 rings (SSSR count). The van der Waals surface area contributed by atoms with E-state index in [-0.39, 0.29) is 11.2 Å². The van der Waals surface area contributed by atoms with Gasteiger partial charge in [-0.1, -0.05) is 0 Å². The van der Waals surface area contributed by atoms with Crippen molar-refractivity contribution >= 4 is 22.6 Å². The van der Waals surface area contributed by atoms with Crippen molar-refractivity contribution in [3.05, 3.63) is 30.1 Å². The smallest absolute Gasteiger partial charge is 0.310 e. The lowest BCUT2D eigenvalue weighted by Crippen LogP contribution is -2.46. The van der Waals surface area contributed by atoms with Gasteiger partial charge in [-0.05, 0) is 50.3 Å². The number of nitrogens with zero attached hydrogens (tertiary/aromatic N) is 1. The van der Waals surface area contributed by atoms with Crippen molar-refractivity contribution in [2.24, 2.45) is 0 Å². The van der Waals surface area contributed by atoms with Crippen molar-refractivity contribution in [2.75, 3.05) is 0 Å². The normalized spacial score (nSPS) is 11.8. The van der Waals surface area contributed by atoms with Crippen LogP contribution < -0.4 is 11.2 Å². The zero-order valence-corrected chi connectivity index (χ0v) is 10.8. The number of aryl methyl sites for hydroxylation is 1. The van der Waals surface area contributed by atoms with Crippen LogP contribution in [0, 0.1) is 10.5 Å². The summed E-state index contributed by atoms with van der Waals surface area (Å²) in [6, 6.07) is 0. The number of aromatic nitrogens is 2. The molecule has 0 fully saturated rings. The zero-order valence-electron chi connectivity index (χ0n) is 8.64. The van der Waals surface area contributed by atoms with Crippen molar-refractivity contribution in [1.82, 2.24) is 9.55 Å². The Morgan fingerprint density at radius 1 is 1.29 bits per heavy atom. The van der Waals surface area contributed by atoms with Gasteiger partial charge in [0.1, 0.15) is 0 Å². The molecule has 0 bridgehead atoms. The van der Waals surface area contributed by atoms with Crippen molar-refractivity contribution < 1.29 is 0 Å². The summed E-state index contributed by atoms with van der Waals surface area (Å²) in [4.78, 5) is 26.0. The standard InChI is InChI=1S/C9H13IN2O2/c1-5-6(10)7(13)12(8(14)11-5)9(2,3)4/h1-4H3,(H,11,14). The Morgan fingerprint density at radius 3 is 2.21 bits per heavy atom. The van der Waals surface area contributed by atoms with Crippen LogP contribution in [0.25, 0.3) is 0 Å². The first kappa shape index (κ1) is 11.5. The minimum atomic E-state index is -0.488. The van der Waals surface area contributed by atoms with E-state index in [0.717, 1.165) is 0 Å². The number of halogens is 1. The summed E-state index contributed by atoms with van der Waals surface area (Å²) >= 11 is 1.95. The van der Waals surface area contributed by atoms with Gasteiger partial charge < -0.3 is 4.98 Å². The molecule has 0 aliphatic rings. The molecule has 0 radical (unpaired) electrons. The molecule has 0 atom stereocenters. The van der Waals surface area contributed by atoms with Crippen LogP contribution >= 0.6 is 22.6 Å². The van der Waals surface area contributed by atoms with Crippen LogP contribution in [0.2, 0.25) is 0 Å². The Kier molecular flexibility index (Phi) is 2.89. The van der Waals surface area contributed by atoms with Crippen molar-refractivity contribution in [1.29, 1.82) is 0 Å². The fourth-order valence-corrected chi connectivity index (χ4v) is 1.61. The van der Waals surface area contributed by atoms with Crippen LogP contribution in [0.15, 0.2) is 9.59 Å². The van der Waals surface area contributed by atoms with Crippen LogP contribution in [0.4, 0.5) is 0 Å².